The minimum absolute atomic E-state index is 0.212. The summed E-state index contributed by atoms with van der Waals surface area (Å²) >= 11 is 0. The van der Waals surface area contributed by atoms with Crippen LogP contribution in [0.5, 0.6) is 0 Å². The van der Waals surface area contributed by atoms with E-state index >= 15 is 0 Å². The second-order valence-corrected chi connectivity index (χ2v) is 3.99. The number of nitrogens with one attached hydrogen (secondary N) is 2. The number of hydrogen-bond acceptors (Lipinski definition) is 3. The summed E-state index contributed by atoms with van der Waals surface area (Å²) in [7, 11) is 1.54. The molecule has 0 unspecified atom stereocenters. The summed E-state index contributed by atoms with van der Waals surface area (Å²) in [5.74, 6) is 0.227. The number of furan rings is 1. The van der Waals surface area contributed by atoms with Crippen LogP contribution in [0.25, 0.3) is 0 Å². The van der Waals surface area contributed by atoms with Crippen LogP contribution in [-0.2, 0) is 0 Å². The van der Waals surface area contributed by atoms with Crippen LogP contribution in [0.3, 0.4) is 0 Å². The number of para-hydroxylation sites is 1. The summed E-state index contributed by atoms with van der Waals surface area (Å²) in [6.45, 7) is 1.76. The first-order valence-electron chi connectivity index (χ1n) is 5.80. The molecule has 2 N–H and O–H groups in total. The van der Waals surface area contributed by atoms with Crippen LogP contribution in [0.1, 0.15) is 26.7 Å². The van der Waals surface area contributed by atoms with Gasteiger partial charge in [-0.25, -0.2) is 0 Å². The Morgan fingerprint density at radius 3 is 2.42 bits per heavy atom. The van der Waals surface area contributed by atoms with Crippen LogP contribution < -0.4 is 10.6 Å². The van der Waals surface area contributed by atoms with E-state index in [2.05, 4.69) is 10.6 Å². The molecule has 5 nitrogen and oxygen atoms in total. The third-order valence-corrected chi connectivity index (χ3v) is 2.61. The number of benzene rings is 1. The van der Waals surface area contributed by atoms with Gasteiger partial charge in [0.15, 0.2) is 5.76 Å². The molecule has 0 aliphatic rings. The van der Waals surface area contributed by atoms with Gasteiger partial charge in [0, 0.05) is 7.05 Å². The summed E-state index contributed by atoms with van der Waals surface area (Å²) in [5, 5.41) is 5.19. The molecule has 0 atom stereocenters. The number of aryl methyl sites for hydroxylation is 1. The Morgan fingerprint density at radius 2 is 1.79 bits per heavy atom. The van der Waals surface area contributed by atoms with E-state index in [0.717, 1.165) is 0 Å². The first-order valence-corrected chi connectivity index (χ1v) is 5.80. The zero-order valence-electron chi connectivity index (χ0n) is 10.7. The maximum absolute atomic E-state index is 12.0. The largest absolute Gasteiger partial charge is 0.456 e. The van der Waals surface area contributed by atoms with Crippen molar-refractivity contribution < 1.29 is 14.0 Å². The van der Waals surface area contributed by atoms with E-state index in [0.29, 0.717) is 17.0 Å². The van der Waals surface area contributed by atoms with Gasteiger partial charge in [-0.15, -0.1) is 0 Å². The molecule has 0 fully saturated rings. The number of hydrogen-bond donors (Lipinski definition) is 2. The number of carbonyl (C=O) groups excluding carboxylic acids is 2. The van der Waals surface area contributed by atoms with Crippen LogP contribution >= 0.6 is 0 Å². The summed E-state index contributed by atoms with van der Waals surface area (Å²) < 4.78 is 5.23. The first-order chi connectivity index (χ1) is 9.11. The van der Waals surface area contributed by atoms with Gasteiger partial charge in [0.05, 0.1) is 11.3 Å². The van der Waals surface area contributed by atoms with Gasteiger partial charge in [-0.1, -0.05) is 12.1 Å². The van der Waals surface area contributed by atoms with Crippen LogP contribution in [0.15, 0.2) is 40.8 Å². The van der Waals surface area contributed by atoms with Crippen molar-refractivity contribution in [3.8, 4) is 0 Å². The molecule has 1 heterocycles. The van der Waals surface area contributed by atoms with E-state index < -0.39 is 0 Å². The summed E-state index contributed by atoms with van der Waals surface area (Å²) in [4.78, 5) is 23.6. The SMILES string of the molecule is CNC(=O)c1ccccc1NC(=O)c1ccc(C)o1. The molecule has 1 aromatic carbocycles. The Morgan fingerprint density at radius 1 is 1.05 bits per heavy atom. The number of rotatable bonds is 3. The Labute approximate surface area is 110 Å². The molecule has 0 radical (unpaired) electrons. The zero-order chi connectivity index (χ0) is 13.8. The maximum Gasteiger partial charge on any atom is 0.291 e. The van der Waals surface area contributed by atoms with Gasteiger partial charge in [0.2, 0.25) is 0 Å². The minimum Gasteiger partial charge on any atom is -0.456 e. The van der Waals surface area contributed by atoms with Gasteiger partial charge >= 0.3 is 0 Å². The normalized spacial score (nSPS) is 10.0. The summed E-state index contributed by atoms with van der Waals surface area (Å²) in [5.41, 5.74) is 0.850. The average molecular weight is 258 g/mol. The van der Waals surface area contributed by atoms with Crippen LogP contribution in [-0.4, -0.2) is 18.9 Å². The molecule has 2 rings (SSSR count). The molecular weight excluding hydrogens is 244 g/mol. The van der Waals surface area contributed by atoms with E-state index in [-0.39, 0.29) is 17.6 Å². The van der Waals surface area contributed by atoms with Gasteiger partial charge in [-0.3, -0.25) is 9.59 Å². The third kappa shape index (κ3) is 2.82. The molecule has 2 amide bonds. The fraction of sp³-hybridized carbons (Fsp3) is 0.143. The van der Waals surface area contributed by atoms with Gasteiger partial charge in [-0.05, 0) is 31.2 Å². The van der Waals surface area contributed by atoms with Crippen molar-refractivity contribution in [1.82, 2.24) is 5.32 Å². The van der Waals surface area contributed by atoms with Crippen molar-refractivity contribution in [2.24, 2.45) is 0 Å². The maximum atomic E-state index is 12.0. The smallest absolute Gasteiger partial charge is 0.291 e. The molecule has 98 valence electrons. The topological polar surface area (TPSA) is 71.3 Å². The van der Waals surface area contributed by atoms with Gasteiger partial charge in [0.1, 0.15) is 5.76 Å². The second kappa shape index (κ2) is 5.39. The minimum atomic E-state index is -0.385. The van der Waals surface area contributed by atoms with Gasteiger partial charge in [0.25, 0.3) is 11.8 Å². The lowest BCUT2D eigenvalue weighted by Gasteiger charge is -2.08. The fourth-order valence-electron chi connectivity index (χ4n) is 1.67. The Balaban J connectivity index is 2.24. The zero-order valence-corrected chi connectivity index (χ0v) is 10.7. The lowest BCUT2D eigenvalue weighted by molar-refractivity contribution is 0.0964. The molecule has 5 heteroatoms. The van der Waals surface area contributed by atoms with Crippen LogP contribution in [0.2, 0.25) is 0 Å². The van der Waals surface area contributed by atoms with E-state index in [1.165, 1.54) is 7.05 Å². The predicted molar refractivity (Wildman–Crippen MR) is 71.2 cm³/mol. The Hall–Kier alpha value is -2.56. The van der Waals surface area contributed by atoms with Crippen molar-refractivity contribution in [2.45, 2.75) is 6.92 Å². The molecule has 0 saturated heterocycles. The molecule has 2 aromatic rings. The standard InChI is InChI=1S/C14H14N2O3/c1-9-7-8-12(19-9)14(18)16-11-6-4-3-5-10(11)13(17)15-2/h3-8H,1-2H3,(H,15,17)(H,16,18). The molecule has 19 heavy (non-hydrogen) atoms. The first kappa shape index (κ1) is 12.9. The lowest BCUT2D eigenvalue weighted by atomic mass is 10.1. The highest BCUT2D eigenvalue weighted by molar-refractivity contribution is 6.07. The van der Waals surface area contributed by atoms with Gasteiger partial charge < -0.3 is 15.1 Å². The molecule has 0 bridgehead atoms. The molecule has 0 spiro atoms. The summed E-state index contributed by atoms with van der Waals surface area (Å²) in [6, 6.07) is 10.1. The van der Waals surface area contributed by atoms with Crippen molar-refractivity contribution in [1.29, 1.82) is 0 Å². The highest BCUT2D eigenvalue weighted by atomic mass is 16.3. The number of amides is 2. The molecule has 0 saturated carbocycles. The number of carbonyl (C=O) groups is 2. The van der Waals surface area contributed by atoms with Gasteiger partial charge in [-0.2, -0.15) is 0 Å². The monoisotopic (exact) mass is 258 g/mol. The second-order valence-electron chi connectivity index (χ2n) is 3.99. The Bertz CT molecular complexity index is 617. The van der Waals surface area contributed by atoms with Crippen molar-refractivity contribution in [2.75, 3.05) is 12.4 Å². The fourth-order valence-corrected chi connectivity index (χ4v) is 1.67. The molecule has 0 aliphatic carbocycles. The van der Waals surface area contributed by atoms with Crippen LogP contribution in [0, 0.1) is 6.92 Å². The lowest BCUT2D eigenvalue weighted by Crippen LogP contribution is -2.21. The number of anilines is 1. The quantitative estimate of drug-likeness (QED) is 0.886. The van der Waals surface area contributed by atoms with Crippen molar-refractivity contribution in [3.63, 3.8) is 0 Å². The van der Waals surface area contributed by atoms with E-state index in [9.17, 15) is 9.59 Å². The van der Waals surface area contributed by atoms with Crippen molar-refractivity contribution in [3.05, 3.63) is 53.5 Å². The van der Waals surface area contributed by atoms with Crippen molar-refractivity contribution >= 4 is 17.5 Å². The molecular formula is C14H14N2O3. The highest BCUT2D eigenvalue weighted by Crippen LogP contribution is 2.16. The summed E-state index contributed by atoms with van der Waals surface area (Å²) in [6.07, 6.45) is 0. The highest BCUT2D eigenvalue weighted by Gasteiger charge is 2.14. The van der Waals surface area contributed by atoms with E-state index in [1.807, 2.05) is 0 Å². The van der Waals surface area contributed by atoms with Crippen LogP contribution in [0.4, 0.5) is 5.69 Å². The van der Waals surface area contributed by atoms with E-state index in [4.69, 9.17) is 4.42 Å². The molecule has 0 aliphatic heterocycles. The Kier molecular flexibility index (Phi) is 3.66. The third-order valence-electron chi connectivity index (χ3n) is 2.61. The molecule has 1 aromatic heterocycles. The van der Waals surface area contributed by atoms with E-state index in [1.54, 1.807) is 43.3 Å². The predicted octanol–water partition coefficient (Wildman–Crippen LogP) is 2.20. The average Bonchev–Trinajstić information content (AvgIpc) is 2.85.